The molecule has 1 aromatic carbocycles. The summed E-state index contributed by atoms with van der Waals surface area (Å²) in [4.78, 5) is 11.5. The van der Waals surface area contributed by atoms with Crippen LogP contribution < -0.4 is 5.32 Å². The van der Waals surface area contributed by atoms with Crippen LogP contribution >= 0.6 is 15.9 Å². The van der Waals surface area contributed by atoms with Crippen LogP contribution in [-0.4, -0.2) is 17.1 Å². The third kappa shape index (κ3) is 4.13. The highest BCUT2D eigenvalue weighted by Crippen LogP contribution is 2.22. The van der Waals surface area contributed by atoms with Gasteiger partial charge in [0.15, 0.2) is 0 Å². The summed E-state index contributed by atoms with van der Waals surface area (Å²) in [6.07, 6.45) is 2.49. The van der Waals surface area contributed by atoms with E-state index in [1.54, 1.807) is 0 Å². The van der Waals surface area contributed by atoms with E-state index in [1.165, 1.54) is 0 Å². The fourth-order valence-corrected chi connectivity index (χ4v) is 1.91. The fraction of sp³-hybridized carbons (Fsp3) is 0.462. The summed E-state index contributed by atoms with van der Waals surface area (Å²) in [6, 6.07) is 7.92. The molecule has 1 fully saturated rings. The van der Waals surface area contributed by atoms with Crippen molar-refractivity contribution >= 4 is 21.8 Å². The van der Waals surface area contributed by atoms with Crippen LogP contribution in [0, 0.1) is 0 Å². The number of carbonyl (C=O) groups is 1. The Morgan fingerprint density at radius 3 is 2.65 bits per heavy atom. The Balaban J connectivity index is 1.77. The van der Waals surface area contributed by atoms with Crippen molar-refractivity contribution in [2.75, 3.05) is 0 Å². The number of aliphatic hydroxyl groups excluding tert-OH is 1. The standard InChI is InChI=1S/C13H16BrNO2/c14-10-3-1-9(2-4-10)12(16)7-8-13(17)15-11-5-6-11/h1-4,11-12,16H,5-8H2,(H,15,17). The van der Waals surface area contributed by atoms with Crippen LogP contribution in [0.5, 0.6) is 0 Å². The SMILES string of the molecule is O=C(CCC(O)c1ccc(Br)cc1)NC1CC1. The second-order valence-electron chi connectivity index (χ2n) is 4.45. The van der Waals surface area contributed by atoms with Crippen LogP contribution in [-0.2, 0) is 4.79 Å². The molecule has 0 bridgehead atoms. The van der Waals surface area contributed by atoms with Gasteiger partial charge in [-0.25, -0.2) is 0 Å². The van der Waals surface area contributed by atoms with E-state index in [0.29, 0.717) is 18.9 Å². The molecule has 0 radical (unpaired) electrons. The molecule has 1 atom stereocenters. The van der Waals surface area contributed by atoms with Gasteiger partial charge in [0.05, 0.1) is 6.10 Å². The average molecular weight is 298 g/mol. The molecule has 1 amide bonds. The van der Waals surface area contributed by atoms with E-state index in [-0.39, 0.29) is 5.91 Å². The maximum absolute atomic E-state index is 11.5. The van der Waals surface area contributed by atoms with E-state index < -0.39 is 6.10 Å². The molecule has 0 aliphatic heterocycles. The molecule has 1 aromatic rings. The van der Waals surface area contributed by atoms with Crippen molar-refractivity contribution in [1.29, 1.82) is 0 Å². The monoisotopic (exact) mass is 297 g/mol. The van der Waals surface area contributed by atoms with Crippen LogP contribution in [0.2, 0.25) is 0 Å². The highest BCUT2D eigenvalue weighted by molar-refractivity contribution is 9.10. The first kappa shape index (κ1) is 12.6. The molecule has 0 aromatic heterocycles. The van der Waals surface area contributed by atoms with E-state index >= 15 is 0 Å². The lowest BCUT2D eigenvalue weighted by molar-refractivity contribution is -0.121. The third-order valence-corrected chi connectivity index (χ3v) is 3.37. The van der Waals surface area contributed by atoms with Gasteiger partial charge in [-0.15, -0.1) is 0 Å². The van der Waals surface area contributed by atoms with Gasteiger partial charge in [0.1, 0.15) is 0 Å². The zero-order valence-electron chi connectivity index (χ0n) is 9.53. The molecular formula is C13H16BrNO2. The summed E-state index contributed by atoms with van der Waals surface area (Å²) in [5.41, 5.74) is 0.854. The lowest BCUT2D eigenvalue weighted by atomic mass is 10.1. The predicted molar refractivity (Wildman–Crippen MR) is 69.5 cm³/mol. The number of rotatable bonds is 5. The van der Waals surface area contributed by atoms with Gasteiger partial charge in [-0.2, -0.15) is 0 Å². The van der Waals surface area contributed by atoms with Crippen LogP contribution in [0.3, 0.4) is 0 Å². The molecular weight excluding hydrogens is 282 g/mol. The first-order valence-corrected chi connectivity index (χ1v) is 6.67. The lowest BCUT2D eigenvalue weighted by Crippen LogP contribution is -2.25. The van der Waals surface area contributed by atoms with Crippen LogP contribution in [0.25, 0.3) is 0 Å². The van der Waals surface area contributed by atoms with Gasteiger partial charge in [-0.1, -0.05) is 28.1 Å². The van der Waals surface area contributed by atoms with Gasteiger partial charge in [-0.3, -0.25) is 4.79 Å². The molecule has 0 saturated heterocycles. The number of carbonyl (C=O) groups excluding carboxylic acids is 1. The molecule has 17 heavy (non-hydrogen) atoms. The van der Waals surface area contributed by atoms with Crippen LogP contribution in [0.15, 0.2) is 28.7 Å². The summed E-state index contributed by atoms with van der Waals surface area (Å²) >= 11 is 3.35. The molecule has 0 spiro atoms. The Hall–Kier alpha value is -0.870. The number of benzene rings is 1. The molecule has 3 nitrogen and oxygen atoms in total. The zero-order valence-corrected chi connectivity index (χ0v) is 11.1. The van der Waals surface area contributed by atoms with Crippen molar-refractivity contribution in [3.8, 4) is 0 Å². The Bertz CT molecular complexity index is 387. The van der Waals surface area contributed by atoms with Gasteiger partial charge in [0.2, 0.25) is 5.91 Å². The van der Waals surface area contributed by atoms with E-state index in [0.717, 1.165) is 22.9 Å². The molecule has 2 rings (SSSR count). The smallest absolute Gasteiger partial charge is 0.220 e. The molecule has 1 saturated carbocycles. The number of nitrogens with one attached hydrogen (secondary N) is 1. The lowest BCUT2D eigenvalue weighted by Gasteiger charge is -2.11. The molecule has 1 unspecified atom stereocenters. The second kappa shape index (κ2) is 5.65. The van der Waals surface area contributed by atoms with Crippen molar-refractivity contribution in [3.05, 3.63) is 34.3 Å². The normalized spacial score (nSPS) is 16.6. The van der Waals surface area contributed by atoms with Gasteiger partial charge in [0, 0.05) is 16.9 Å². The van der Waals surface area contributed by atoms with E-state index in [9.17, 15) is 9.90 Å². The van der Waals surface area contributed by atoms with Crippen molar-refractivity contribution < 1.29 is 9.90 Å². The molecule has 92 valence electrons. The summed E-state index contributed by atoms with van der Waals surface area (Å²) < 4.78 is 0.986. The second-order valence-corrected chi connectivity index (χ2v) is 5.36. The van der Waals surface area contributed by atoms with E-state index in [1.807, 2.05) is 24.3 Å². The molecule has 4 heteroatoms. The summed E-state index contributed by atoms with van der Waals surface area (Å²) in [7, 11) is 0. The largest absolute Gasteiger partial charge is 0.388 e. The molecule has 1 aliphatic carbocycles. The minimum atomic E-state index is -0.562. The predicted octanol–water partition coefficient (Wildman–Crippen LogP) is 2.54. The quantitative estimate of drug-likeness (QED) is 0.877. The summed E-state index contributed by atoms with van der Waals surface area (Å²) in [5.74, 6) is 0.0451. The zero-order chi connectivity index (χ0) is 12.3. The van der Waals surface area contributed by atoms with Crippen LogP contribution in [0.1, 0.15) is 37.4 Å². The first-order chi connectivity index (χ1) is 8.15. The van der Waals surface area contributed by atoms with Crippen LogP contribution in [0.4, 0.5) is 0 Å². The van der Waals surface area contributed by atoms with Crippen molar-refractivity contribution in [2.24, 2.45) is 0 Å². The third-order valence-electron chi connectivity index (χ3n) is 2.84. The topological polar surface area (TPSA) is 49.3 Å². The van der Waals surface area contributed by atoms with Gasteiger partial charge < -0.3 is 10.4 Å². The number of amides is 1. The maximum Gasteiger partial charge on any atom is 0.220 e. The van der Waals surface area contributed by atoms with Crippen molar-refractivity contribution in [1.82, 2.24) is 5.32 Å². The number of halogens is 1. The number of hydrogen-bond donors (Lipinski definition) is 2. The van der Waals surface area contributed by atoms with Gasteiger partial charge >= 0.3 is 0 Å². The molecule has 0 heterocycles. The first-order valence-electron chi connectivity index (χ1n) is 5.88. The van der Waals surface area contributed by atoms with Gasteiger partial charge in [-0.05, 0) is 37.0 Å². The number of hydrogen-bond acceptors (Lipinski definition) is 2. The minimum Gasteiger partial charge on any atom is -0.388 e. The van der Waals surface area contributed by atoms with E-state index in [4.69, 9.17) is 0 Å². The Morgan fingerprint density at radius 2 is 2.06 bits per heavy atom. The average Bonchev–Trinajstić information content (AvgIpc) is 3.11. The van der Waals surface area contributed by atoms with Gasteiger partial charge in [0.25, 0.3) is 0 Å². The molecule has 1 aliphatic rings. The van der Waals surface area contributed by atoms with Crippen molar-refractivity contribution in [2.45, 2.75) is 37.8 Å². The van der Waals surface area contributed by atoms with E-state index in [2.05, 4.69) is 21.2 Å². The fourth-order valence-electron chi connectivity index (χ4n) is 1.65. The summed E-state index contributed by atoms with van der Waals surface area (Å²) in [5, 5.41) is 12.8. The minimum absolute atomic E-state index is 0.0451. The summed E-state index contributed by atoms with van der Waals surface area (Å²) in [6.45, 7) is 0. The Labute approximate surface area is 109 Å². The Kier molecular flexibility index (Phi) is 4.18. The highest BCUT2D eigenvalue weighted by atomic mass is 79.9. The maximum atomic E-state index is 11.5. The highest BCUT2D eigenvalue weighted by Gasteiger charge is 2.23. The van der Waals surface area contributed by atoms with Crippen molar-refractivity contribution in [3.63, 3.8) is 0 Å². The number of aliphatic hydroxyl groups is 1. The molecule has 2 N–H and O–H groups in total. The Morgan fingerprint density at radius 1 is 1.41 bits per heavy atom.